The molecule has 2 aromatic carbocycles. The molecule has 2 aliphatic rings. The molecule has 2 aliphatic heterocycles. The van der Waals surface area contributed by atoms with E-state index in [1.54, 1.807) is 18.5 Å². The molecule has 0 bridgehead atoms. The summed E-state index contributed by atoms with van der Waals surface area (Å²) in [6.45, 7) is 4.04. The van der Waals surface area contributed by atoms with Crippen LogP contribution in [0.4, 0.5) is 15.9 Å². The minimum absolute atomic E-state index is 0.00395. The lowest BCUT2D eigenvalue weighted by molar-refractivity contribution is -0.136. The van der Waals surface area contributed by atoms with E-state index in [-0.39, 0.29) is 17.6 Å². The highest BCUT2D eigenvalue weighted by Crippen LogP contribution is 2.34. The summed E-state index contributed by atoms with van der Waals surface area (Å²) in [7, 11) is 0. The molecule has 4 heterocycles. The molecule has 0 N–H and O–H groups in total. The van der Waals surface area contributed by atoms with Gasteiger partial charge in [-0.05, 0) is 37.1 Å². The van der Waals surface area contributed by atoms with Crippen LogP contribution in [-0.2, 0) is 4.79 Å². The second-order valence-corrected chi connectivity index (χ2v) is 9.00. The second kappa shape index (κ2) is 8.59. The van der Waals surface area contributed by atoms with Crippen molar-refractivity contribution in [3.05, 3.63) is 60.7 Å². The van der Waals surface area contributed by atoms with Crippen molar-refractivity contribution < 1.29 is 13.6 Å². The van der Waals surface area contributed by atoms with Crippen LogP contribution in [0.25, 0.3) is 22.1 Å². The van der Waals surface area contributed by atoms with Gasteiger partial charge in [0.1, 0.15) is 23.2 Å². The van der Waals surface area contributed by atoms with Gasteiger partial charge in [-0.3, -0.25) is 4.79 Å². The summed E-state index contributed by atoms with van der Waals surface area (Å²) in [6, 6.07) is 14.7. The quantitative estimate of drug-likeness (QED) is 0.460. The highest BCUT2D eigenvalue weighted by molar-refractivity contribution is 6.05. The van der Waals surface area contributed by atoms with Gasteiger partial charge in [0.25, 0.3) is 0 Å². The number of para-hydroxylation sites is 2. The standard InChI is InChI=1S/C26H26FN5O2/c27-20-6-2-3-7-21(20)30-13-15-32(16-14-30)26(33)18-9-11-31(12-10-18)25-24-23(28-17-29-25)19-5-1-4-8-22(19)34-24/h1-8,17-18H,9-16H2. The zero-order valence-electron chi connectivity index (χ0n) is 18.9. The van der Waals surface area contributed by atoms with Crippen LogP contribution in [0.3, 0.4) is 0 Å². The maximum atomic E-state index is 14.1. The Balaban J connectivity index is 1.10. The minimum atomic E-state index is -0.210. The molecule has 2 saturated heterocycles. The Bertz CT molecular complexity index is 1340. The molecular formula is C26H26FN5O2. The molecule has 174 valence electrons. The Kier molecular flexibility index (Phi) is 5.28. The van der Waals surface area contributed by atoms with Gasteiger partial charge in [-0.1, -0.05) is 24.3 Å². The first-order valence-corrected chi connectivity index (χ1v) is 11.8. The summed E-state index contributed by atoms with van der Waals surface area (Å²) < 4.78 is 20.2. The van der Waals surface area contributed by atoms with Gasteiger partial charge in [-0.2, -0.15) is 0 Å². The second-order valence-electron chi connectivity index (χ2n) is 9.00. The van der Waals surface area contributed by atoms with Gasteiger partial charge in [0.15, 0.2) is 11.4 Å². The highest BCUT2D eigenvalue weighted by atomic mass is 19.1. The van der Waals surface area contributed by atoms with Crippen LogP contribution >= 0.6 is 0 Å². The summed E-state index contributed by atoms with van der Waals surface area (Å²) in [6.07, 6.45) is 3.14. The number of amides is 1. The normalized spacial score (nSPS) is 17.6. The lowest BCUT2D eigenvalue weighted by atomic mass is 9.95. The maximum absolute atomic E-state index is 14.1. The minimum Gasteiger partial charge on any atom is -0.450 e. The van der Waals surface area contributed by atoms with E-state index in [2.05, 4.69) is 14.9 Å². The monoisotopic (exact) mass is 459 g/mol. The molecule has 8 heteroatoms. The zero-order valence-corrected chi connectivity index (χ0v) is 18.9. The molecule has 6 rings (SSSR count). The first-order valence-electron chi connectivity index (χ1n) is 11.8. The lowest BCUT2D eigenvalue weighted by Gasteiger charge is -2.39. The van der Waals surface area contributed by atoms with E-state index in [0.717, 1.165) is 48.2 Å². The summed E-state index contributed by atoms with van der Waals surface area (Å²) in [5, 5.41) is 0.987. The Labute approximate surface area is 196 Å². The van der Waals surface area contributed by atoms with E-state index >= 15 is 0 Å². The number of carbonyl (C=O) groups is 1. The van der Waals surface area contributed by atoms with Crippen molar-refractivity contribution in [1.29, 1.82) is 0 Å². The molecule has 0 unspecified atom stereocenters. The predicted octanol–water partition coefficient (Wildman–Crippen LogP) is 4.08. The van der Waals surface area contributed by atoms with Crippen LogP contribution in [-0.4, -0.2) is 60.0 Å². The number of hydrogen-bond acceptors (Lipinski definition) is 6. The number of nitrogens with zero attached hydrogens (tertiary/aromatic N) is 5. The van der Waals surface area contributed by atoms with Gasteiger partial charge in [0.2, 0.25) is 5.91 Å². The third-order valence-corrected chi connectivity index (χ3v) is 7.07. The van der Waals surface area contributed by atoms with Crippen molar-refractivity contribution in [3.63, 3.8) is 0 Å². The van der Waals surface area contributed by atoms with E-state index in [1.807, 2.05) is 40.1 Å². The van der Waals surface area contributed by atoms with Crippen molar-refractivity contribution in [2.45, 2.75) is 12.8 Å². The van der Waals surface area contributed by atoms with Crippen molar-refractivity contribution in [2.24, 2.45) is 5.92 Å². The number of piperazine rings is 1. The summed E-state index contributed by atoms with van der Waals surface area (Å²) in [4.78, 5) is 28.3. The number of aromatic nitrogens is 2. The van der Waals surface area contributed by atoms with Gasteiger partial charge in [0, 0.05) is 50.6 Å². The maximum Gasteiger partial charge on any atom is 0.225 e. The molecule has 1 amide bonds. The third-order valence-electron chi connectivity index (χ3n) is 7.07. The van der Waals surface area contributed by atoms with Gasteiger partial charge < -0.3 is 19.1 Å². The molecule has 0 saturated carbocycles. The number of piperidine rings is 1. The van der Waals surface area contributed by atoms with Crippen molar-refractivity contribution >= 4 is 39.5 Å². The SMILES string of the molecule is O=C(C1CCN(c2ncnc3c2oc2ccccc23)CC1)N1CCN(c2ccccc2F)CC1. The van der Waals surface area contributed by atoms with Crippen LogP contribution < -0.4 is 9.80 Å². The van der Waals surface area contributed by atoms with Gasteiger partial charge in [-0.15, -0.1) is 0 Å². The first-order chi connectivity index (χ1) is 16.7. The van der Waals surface area contributed by atoms with E-state index in [1.165, 1.54) is 6.07 Å². The van der Waals surface area contributed by atoms with Gasteiger partial charge in [-0.25, -0.2) is 14.4 Å². The predicted molar refractivity (Wildman–Crippen MR) is 129 cm³/mol. The van der Waals surface area contributed by atoms with Crippen molar-refractivity contribution in [2.75, 3.05) is 49.1 Å². The smallest absolute Gasteiger partial charge is 0.225 e. The van der Waals surface area contributed by atoms with Crippen LogP contribution in [0, 0.1) is 11.7 Å². The van der Waals surface area contributed by atoms with Crippen LogP contribution in [0.15, 0.2) is 59.3 Å². The zero-order chi connectivity index (χ0) is 23.1. The van der Waals surface area contributed by atoms with Crippen LogP contribution in [0.1, 0.15) is 12.8 Å². The van der Waals surface area contributed by atoms with Gasteiger partial charge >= 0.3 is 0 Å². The largest absolute Gasteiger partial charge is 0.450 e. The molecule has 7 nitrogen and oxygen atoms in total. The number of furan rings is 1. The van der Waals surface area contributed by atoms with E-state index in [0.29, 0.717) is 37.4 Å². The van der Waals surface area contributed by atoms with Crippen LogP contribution in [0.5, 0.6) is 0 Å². The molecule has 2 fully saturated rings. The number of halogens is 1. The Morgan fingerprint density at radius 3 is 2.41 bits per heavy atom. The van der Waals surface area contributed by atoms with Crippen LogP contribution in [0.2, 0.25) is 0 Å². The van der Waals surface area contributed by atoms with E-state index < -0.39 is 0 Å². The molecule has 0 aliphatic carbocycles. The number of fused-ring (bicyclic) bond motifs is 3. The molecule has 0 radical (unpaired) electrons. The topological polar surface area (TPSA) is 65.7 Å². The molecule has 34 heavy (non-hydrogen) atoms. The van der Waals surface area contributed by atoms with Crippen molar-refractivity contribution in [3.8, 4) is 0 Å². The lowest BCUT2D eigenvalue weighted by Crippen LogP contribution is -2.52. The molecule has 0 spiro atoms. The third kappa shape index (κ3) is 3.63. The number of benzene rings is 2. The molecule has 2 aromatic heterocycles. The average Bonchev–Trinajstić information content (AvgIpc) is 3.28. The fourth-order valence-electron chi connectivity index (χ4n) is 5.21. The van der Waals surface area contributed by atoms with E-state index in [4.69, 9.17) is 4.42 Å². The Morgan fingerprint density at radius 1 is 0.882 bits per heavy atom. The Morgan fingerprint density at radius 2 is 1.62 bits per heavy atom. The first kappa shape index (κ1) is 20.9. The average molecular weight is 460 g/mol. The number of carbonyl (C=O) groups excluding carboxylic acids is 1. The number of hydrogen-bond donors (Lipinski definition) is 0. The number of anilines is 2. The molecule has 0 atom stereocenters. The number of rotatable bonds is 3. The highest BCUT2D eigenvalue weighted by Gasteiger charge is 2.32. The molecular weight excluding hydrogens is 433 g/mol. The van der Waals surface area contributed by atoms with E-state index in [9.17, 15) is 9.18 Å². The fourth-order valence-corrected chi connectivity index (χ4v) is 5.21. The van der Waals surface area contributed by atoms with Gasteiger partial charge in [0.05, 0.1) is 5.69 Å². The van der Waals surface area contributed by atoms with Crippen molar-refractivity contribution in [1.82, 2.24) is 14.9 Å². The Hall–Kier alpha value is -3.68. The summed E-state index contributed by atoms with van der Waals surface area (Å²) in [5.74, 6) is 0.803. The summed E-state index contributed by atoms with van der Waals surface area (Å²) in [5.41, 5.74) is 2.95. The fraction of sp³-hybridized carbons (Fsp3) is 0.346. The molecule has 4 aromatic rings. The summed E-state index contributed by atoms with van der Waals surface area (Å²) >= 11 is 0.